The van der Waals surface area contributed by atoms with Crippen LogP contribution in [0, 0.1) is 10.1 Å². The summed E-state index contributed by atoms with van der Waals surface area (Å²) in [6.07, 6.45) is 3.61. The molecule has 1 atom stereocenters. The van der Waals surface area contributed by atoms with Gasteiger partial charge in [0.1, 0.15) is 5.69 Å². The number of nitro groups is 1. The van der Waals surface area contributed by atoms with Gasteiger partial charge in [-0.05, 0) is 37.1 Å². The second-order valence-corrected chi connectivity index (χ2v) is 7.46. The number of carbonyl (C=O) groups excluding carboxylic acids is 1. The fourth-order valence-electron chi connectivity index (χ4n) is 3.84. The number of hydrogen-bond donors (Lipinski definition) is 1. The highest BCUT2D eigenvalue weighted by Gasteiger charge is 2.24. The Morgan fingerprint density at radius 1 is 1.17 bits per heavy atom. The maximum absolute atomic E-state index is 13.0. The van der Waals surface area contributed by atoms with Crippen molar-refractivity contribution in [2.75, 3.05) is 18.0 Å². The molecule has 3 aromatic rings. The van der Waals surface area contributed by atoms with Crippen LogP contribution in [0.1, 0.15) is 23.2 Å². The smallest absolute Gasteiger partial charge is 0.269 e. The normalized spacial score (nSPS) is 16.3. The summed E-state index contributed by atoms with van der Waals surface area (Å²) < 4.78 is 1.59. The summed E-state index contributed by atoms with van der Waals surface area (Å²) >= 11 is 0. The number of nitrogens with one attached hydrogen (secondary N) is 1. The summed E-state index contributed by atoms with van der Waals surface area (Å²) in [4.78, 5) is 25.8. The zero-order valence-electron chi connectivity index (χ0n) is 16.7. The van der Waals surface area contributed by atoms with E-state index in [2.05, 4.69) is 27.4 Å². The van der Waals surface area contributed by atoms with Gasteiger partial charge < -0.3 is 10.2 Å². The number of aryl methyl sites for hydroxylation is 1. The molecule has 1 aliphatic rings. The van der Waals surface area contributed by atoms with Crippen LogP contribution < -0.4 is 10.2 Å². The monoisotopic (exact) mass is 405 g/mol. The number of hydrogen-bond acceptors (Lipinski definition) is 5. The van der Waals surface area contributed by atoms with Crippen molar-refractivity contribution in [3.05, 3.63) is 76.5 Å². The Bertz CT molecular complexity index is 1050. The number of nitro benzene ring substituents is 1. The molecule has 8 nitrogen and oxygen atoms in total. The number of anilines is 1. The lowest BCUT2D eigenvalue weighted by Crippen LogP contribution is -2.47. The Morgan fingerprint density at radius 3 is 2.60 bits per heavy atom. The van der Waals surface area contributed by atoms with E-state index in [1.807, 2.05) is 18.2 Å². The predicted octanol–water partition coefficient (Wildman–Crippen LogP) is 3.39. The molecular formula is C22H23N5O3. The van der Waals surface area contributed by atoms with Gasteiger partial charge >= 0.3 is 0 Å². The predicted molar refractivity (Wildman–Crippen MR) is 114 cm³/mol. The molecule has 0 aliphatic carbocycles. The van der Waals surface area contributed by atoms with Gasteiger partial charge in [-0.3, -0.25) is 19.6 Å². The van der Waals surface area contributed by atoms with Gasteiger partial charge in [-0.25, -0.2) is 0 Å². The van der Waals surface area contributed by atoms with Gasteiger partial charge in [0.15, 0.2) is 0 Å². The third-order valence-corrected chi connectivity index (χ3v) is 5.30. The van der Waals surface area contributed by atoms with Crippen LogP contribution in [0.25, 0.3) is 11.3 Å². The number of non-ortho nitro benzene ring substituents is 1. The first-order chi connectivity index (χ1) is 14.5. The van der Waals surface area contributed by atoms with E-state index >= 15 is 0 Å². The fraction of sp³-hybridized carbons (Fsp3) is 0.273. The van der Waals surface area contributed by atoms with Crippen LogP contribution >= 0.6 is 0 Å². The summed E-state index contributed by atoms with van der Waals surface area (Å²) in [6.45, 7) is 1.72. The van der Waals surface area contributed by atoms with Crippen molar-refractivity contribution in [1.29, 1.82) is 0 Å². The number of benzene rings is 2. The zero-order chi connectivity index (χ0) is 21.1. The van der Waals surface area contributed by atoms with E-state index in [1.165, 1.54) is 12.1 Å². The Balaban J connectivity index is 1.50. The highest BCUT2D eigenvalue weighted by molar-refractivity contribution is 6.00. The first-order valence-electron chi connectivity index (χ1n) is 9.90. The van der Waals surface area contributed by atoms with Gasteiger partial charge in [-0.2, -0.15) is 5.10 Å². The van der Waals surface area contributed by atoms with E-state index in [4.69, 9.17) is 0 Å². The van der Waals surface area contributed by atoms with E-state index in [9.17, 15) is 14.9 Å². The molecular weight excluding hydrogens is 382 g/mol. The molecule has 1 aliphatic heterocycles. The minimum atomic E-state index is -0.447. The van der Waals surface area contributed by atoms with Gasteiger partial charge in [-0.15, -0.1) is 0 Å². The number of rotatable bonds is 5. The van der Waals surface area contributed by atoms with Gasteiger partial charge in [0.25, 0.3) is 11.6 Å². The lowest BCUT2D eigenvalue weighted by molar-refractivity contribution is -0.384. The van der Waals surface area contributed by atoms with Crippen molar-refractivity contribution in [3.63, 3.8) is 0 Å². The third-order valence-electron chi connectivity index (χ3n) is 5.30. The Morgan fingerprint density at radius 2 is 1.90 bits per heavy atom. The van der Waals surface area contributed by atoms with Crippen LogP contribution in [0.15, 0.2) is 60.8 Å². The molecule has 1 fully saturated rings. The molecule has 2 heterocycles. The quantitative estimate of drug-likeness (QED) is 0.519. The van der Waals surface area contributed by atoms with Gasteiger partial charge in [0.2, 0.25) is 0 Å². The van der Waals surface area contributed by atoms with Crippen LogP contribution in [0.2, 0.25) is 0 Å². The highest BCUT2D eigenvalue weighted by Crippen LogP contribution is 2.25. The summed E-state index contributed by atoms with van der Waals surface area (Å²) in [5.41, 5.74) is 2.80. The second-order valence-electron chi connectivity index (χ2n) is 7.46. The fourth-order valence-corrected chi connectivity index (χ4v) is 3.84. The average Bonchev–Trinajstić information content (AvgIpc) is 3.16. The van der Waals surface area contributed by atoms with Gasteiger partial charge in [0, 0.05) is 55.8 Å². The number of amides is 1. The first-order valence-corrected chi connectivity index (χ1v) is 9.90. The van der Waals surface area contributed by atoms with E-state index in [1.54, 1.807) is 30.1 Å². The lowest BCUT2D eigenvalue weighted by atomic mass is 10.0. The SMILES string of the molecule is Cn1cc(C(=O)NC2CCCN(c3ccccc3)C2)c(-c2ccc([N+](=O)[O-])cc2)n1. The zero-order valence-corrected chi connectivity index (χ0v) is 16.7. The molecule has 0 saturated carbocycles. The van der Waals surface area contributed by atoms with E-state index in [-0.39, 0.29) is 17.6 Å². The number of para-hydroxylation sites is 1. The molecule has 8 heteroatoms. The van der Waals surface area contributed by atoms with Crippen molar-refractivity contribution < 1.29 is 9.72 Å². The van der Waals surface area contributed by atoms with Crippen LogP contribution in [-0.4, -0.2) is 39.7 Å². The lowest BCUT2D eigenvalue weighted by Gasteiger charge is -2.34. The number of nitrogens with zero attached hydrogens (tertiary/aromatic N) is 4. The van der Waals surface area contributed by atoms with Crippen molar-refractivity contribution in [1.82, 2.24) is 15.1 Å². The molecule has 30 heavy (non-hydrogen) atoms. The highest BCUT2D eigenvalue weighted by atomic mass is 16.6. The topological polar surface area (TPSA) is 93.3 Å². The summed E-state index contributed by atoms with van der Waals surface area (Å²) in [6, 6.07) is 16.3. The van der Waals surface area contributed by atoms with E-state index < -0.39 is 4.92 Å². The molecule has 1 unspecified atom stereocenters. The summed E-state index contributed by atoms with van der Waals surface area (Å²) in [5, 5.41) is 18.4. The van der Waals surface area contributed by atoms with E-state index in [0.29, 0.717) is 16.8 Å². The molecule has 154 valence electrons. The molecule has 2 aromatic carbocycles. The number of piperidine rings is 1. The van der Waals surface area contributed by atoms with Gasteiger partial charge in [0.05, 0.1) is 10.5 Å². The molecule has 4 rings (SSSR count). The van der Waals surface area contributed by atoms with Crippen LogP contribution in [0.3, 0.4) is 0 Å². The number of aromatic nitrogens is 2. The largest absolute Gasteiger partial charge is 0.369 e. The van der Waals surface area contributed by atoms with Crippen molar-refractivity contribution >= 4 is 17.3 Å². The van der Waals surface area contributed by atoms with Crippen LogP contribution in [-0.2, 0) is 7.05 Å². The molecule has 0 radical (unpaired) electrons. The minimum absolute atomic E-state index is 0.00360. The van der Waals surface area contributed by atoms with Gasteiger partial charge in [-0.1, -0.05) is 18.2 Å². The third kappa shape index (κ3) is 4.17. The molecule has 0 bridgehead atoms. The van der Waals surface area contributed by atoms with Crippen LogP contribution in [0.4, 0.5) is 11.4 Å². The maximum atomic E-state index is 13.0. The second kappa shape index (κ2) is 8.36. The standard InChI is InChI=1S/C22H23N5O3/c1-25-15-20(21(24-25)16-9-11-19(12-10-16)27(29)30)22(28)23-17-6-5-13-26(14-17)18-7-3-2-4-8-18/h2-4,7-12,15,17H,5-6,13-14H2,1H3,(H,23,28). The van der Waals surface area contributed by atoms with E-state index in [0.717, 1.165) is 31.6 Å². The van der Waals surface area contributed by atoms with Crippen molar-refractivity contribution in [3.8, 4) is 11.3 Å². The summed E-state index contributed by atoms with van der Waals surface area (Å²) in [5.74, 6) is -0.184. The maximum Gasteiger partial charge on any atom is 0.269 e. The Hall–Kier alpha value is -3.68. The average molecular weight is 405 g/mol. The van der Waals surface area contributed by atoms with Crippen molar-refractivity contribution in [2.24, 2.45) is 7.05 Å². The van der Waals surface area contributed by atoms with Crippen LogP contribution in [0.5, 0.6) is 0 Å². The number of carbonyl (C=O) groups is 1. The summed E-state index contributed by atoms with van der Waals surface area (Å²) in [7, 11) is 1.75. The molecule has 1 amide bonds. The van der Waals surface area contributed by atoms with Crippen molar-refractivity contribution in [2.45, 2.75) is 18.9 Å². The Labute approximate surface area is 174 Å². The molecule has 1 saturated heterocycles. The first kappa shape index (κ1) is 19.6. The molecule has 0 spiro atoms. The molecule has 1 N–H and O–H groups in total. The minimum Gasteiger partial charge on any atom is -0.369 e. The molecule has 1 aromatic heterocycles. The Kier molecular flexibility index (Phi) is 5.47.